The summed E-state index contributed by atoms with van der Waals surface area (Å²) < 4.78 is 8.26. The van der Waals surface area contributed by atoms with Gasteiger partial charge in [0.15, 0.2) is 5.82 Å². The fourth-order valence-electron chi connectivity index (χ4n) is 2.66. The van der Waals surface area contributed by atoms with Gasteiger partial charge in [-0.1, -0.05) is 0 Å². The number of rotatable bonds is 2. The maximum Gasteiger partial charge on any atom is 0.150 e. The van der Waals surface area contributed by atoms with E-state index in [1.54, 1.807) is 13.3 Å². The normalized spacial score (nSPS) is 27.4. The quantitative estimate of drug-likeness (QED) is 0.924. The molecule has 0 spiro atoms. The first-order valence-corrected chi connectivity index (χ1v) is 6.66. The molecule has 6 heteroatoms. The molecule has 0 unspecified atom stereocenters. The van der Waals surface area contributed by atoms with Crippen LogP contribution in [0.1, 0.15) is 31.5 Å². The molecule has 2 heterocycles. The van der Waals surface area contributed by atoms with Crippen molar-refractivity contribution in [1.29, 1.82) is 0 Å². The first-order chi connectivity index (χ1) is 8.54. The summed E-state index contributed by atoms with van der Waals surface area (Å²) in [5.41, 5.74) is 6.72. The Morgan fingerprint density at radius 2 is 2.28 bits per heavy atom. The molecule has 0 atom stereocenters. The van der Waals surface area contributed by atoms with Crippen LogP contribution in [0.5, 0.6) is 0 Å². The molecule has 0 bridgehead atoms. The van der Waals surface area contributed by atoms with Gasteiger partial charge in [-0.05, 0) is 35.7 Å². The third-order valence-corrected chi connectivity index (χ3v) is 4.34. The van der Waals surface area contributed by atoms with Crippen LogP contribution >= 0.6 is 15.9 Å². The predicted octanol–water partition coefficient (Wildman–Crippen LogP) is 2.36. The molecule has 2 N–H and O–H groups in total. The zero-order valence-corrected chi connectivity index (χ0v) is 11.9. The molecular formula is C12H15BrN4O. The molecule has 1 saturated carbocycles. The Morgan fingerprint density at radius 1 is 1.56 bits per heavy atom. The van der Waals surface area contributed by atoms with Crippen molar-refractivity contribution in [1.82, 2.24) is 14.4 Å². The Hall–Kier alpha value is -1.14. The number of hydrogen-bond donors (Lipinski definition) is 1. The molecule has 0 radical (unpaired) electrons. The highest BCUT2D eigenvalue weighted by molar-refractivity contribution is 9.10. The van der Waals surface area contributed by atoms with Gasteiger partial charge in [-0.25, -0.2) is 9.97 Å². The van der Waals surface area contributed by atoms with E-state index in [0.29, 0.717) is 11.7 Å². The molecule has 0 saturated heterocycles. The number of ether oxygens (including phenoxy) is 1. The van der Waals surface area contributed by atoms with Crippen LogP contribution in [0.2, 0.25) is 0 Å². The molecule has 5 nitrogen and oxygen atoms in total. The molecule has 0 amide bonds. The van der Waals surface area contributed by atoms with Crippen molar-refractivity contribution >= 4 is 27.3 Å². The average molecular weight is 311 g/mol. The molecule has 0 aliphatic heterocycles. The summed E-state index contributed by atoms with van der Waals surface area (Å²) in [7, 11) is 1.76. The Kier molecular flexibility index (Phi) is 2.60. The third kappa shape index (κ3) is 1.63. The summed E-state index contributed by atoms with van der Waals surface area (Å²) in [5.74, 6) is 1.94. The van der Waals surface area contributed by atoms with Gasteiger partial charge in [0, 0.05) is 25.4 Å². The lowest BCUT2D eigenvalue weighted by Crippen LogP contribution is -2.41. The number of nitrogens with zero attached hydrogens (tertiary/aromatic N) is 3. The van der Waals surface area contributed by atoms with Gasteiger partial charge in [0.1, 0.15) is 15.9 Å². The summed E-state index contributed by atoms with van der Waals surface area (Å²) in [6, 6.07) is 0. The zero-order valence-electron chi connectivity index (χ0n) is 10.4. The highest BCUT2D eigenvalue weighted by Gasteiger charge is 2.43. The number of anilines is 1. The first kappa shape index (κ1) is 11.9. The molecular weight excluding hydrogens is 296 g/mol. The van der Waals surface area contributed by atoms with Gasteiger partial charge in [0.2, 0.25) is 0 Å². The van der Waals surface area contributed by atoms with E-state index in [-0.39, 0.29) is 5.60 Å². The molecule has 1 fully saturated rings. The lowest BCUT2D eigenvalue weighted by atomic mass is 9.71. The zero-order chi connectivity index (χ0) is 12.9. The van der Waals surface area contributed by atoms with Crippen molar-refractivity contribution in [2.75, 3.05) is 12.8 Å². The van der Waals surface area contributed by atoms with Gasteiger partial charge < -0.3 is 10.5 Å². The van der Waals surface area contributed by atoms with Gasteiger partial charge >= 0.3 is 0 Å². The van der Waals surface area contributed by atoms with Crippen LogP contribution in [-0.2, 0) is 4.74 Å². The molecule has 2 aromatic heterocycles. The lowest BCUT2D eigenvalue weighted by Gasteiger charge is -2.43. The minimum atomic E-state index is -0.0124. The largest absolute Gasteiger partial charge is 0.382 e. The number of nitrogens with two attached hydrogens (primary N) is 1. The van der Waals surface area contributed by atoms with E-state index in [9.17, 15) is 0 Å². The lowest BCUT2D eigenvalue weighted by molar-refractivity contribution is -0.0708. The minimum absolute atomic E-state index is 0.0124. The second-order valence-electron chi connectivity index (χ2n) is 5.05. The van der Waals surface area contributed by atoms with Crippen LogP contribution in [0, 0.1) is 0 Å². The van der Waals surface area contributed by atoms with Crippen LogP contribution < -0.4 is 5.73 Å². The summed E-state index contributed by atoms with van der Waals surface area (Å²) in [4.78, 5) is 8.67. The summed E-state index contributed by atoms with van der Waals surface area (Å²) in [6.45, 7) is 2.13. The highest BCUT2D eigenvalue weighted by Crippen LogP contribution is 2.46. The standard InChI is InChI=1S/C12H15BrN4O/c1-12(18-2)5-7(6-12)11-16-9(13)8-10(14)15-3-4-17(8)11/h3-4,7H,5-6H2,1-2H3,(H2,14,15). The Morgan fingerprint density at radius 3 is 2.94 bits per heavy atom. The van der Waals surface area contributed by atoms with Crippen molar-refractivity contribution in [2.45, 2.75) is 31.3 Å². The van der Waals surface area contributed by atoms with E-state index in [0.717, 1.165) is 28.8 Å². The first-order valence-electron chi connectivity index (χ1n) is 5.87. The summed E-state index contributed by atoms with van der Waals surface area (Å²) in [5, 5.41) is 0. The maximum absolute atomic E-state index is 5.88. The van der Waals surface area contributed by atoms with E-state index < -0.39 is 0 Å². The number of fused-ring (bicyclic) bond motifs is 1. The number of methoxy groups -OCH3 is 1. The number of halogens is 1. The van der Waals surface area contributed by atoms with Crippen LogP contribution in [0.3, 0.4) is 0 Å². The van der Waals surface area contributed by atoms with Gasteiger partial charge in [-0.2, -0.15) is 0 Å². The van der Waals surface area contributed by atoms with E-state index in [1.165, 1.54) is 0 Å². The monoisotopic (exact) mass is 310 g/mol. The maximum atomic E-state index is 5.88. The summed E-state index contributed by atoms with van der Waals surface area (Å²) >= 11 is 3.45. The molecule has 1 aliphatic rings. The van der Waals surface area contributed by atoms with E-state index in [2.05, 4.69) is 32.8 Å². The molecule has 3 rings (SSSR count). The van der Waals surface area contributed by atoms with Crippen LogP contribution in [0.15, 0.2) is 17.0 Å². The summed E-state index contributed by atoms with van der Waals surface area (Å²) in [6.07, 6.45) is 5.57. The van der Waals surface area contributed by atoms with Crippen LogP contribution in [-0.4, -0.2) is 27.1 Å². The Bertz CT molecular complexity index is 603. The van der Waals surface area contributed by atoms with E-state index >= 15 is 0 Å². The highest BCUT2D eigenvalue weighted by atomic mass is 79.9. The number of aromatic nitrogens is 3. The average Bonchev–Trinajstić information content (AvgIpc) is 2.64. The second-order valence-corrected chi connectivity index (χ2v) is 5.80. The van der Waals surface area contributed by atoms with Crippen LogP contribution in [0.25, 0.3) is 5.52 Å². The number of nitrogen functional groups attached to an aromatic ring is 1. The fourth-order valence-corrected chi connectivity index (χ4v) is 3.24. The van der Waals surface area contributed by atoms with Gasteiger partial charge in [-0.15, -0.1) is 0 Å². The Balaban J connectivity index is 2.02. The van der Waals surface area contributed by atoms with Crippen molar-refractivity contribution < 1.29 is 4.74 Å². The van der Waals surface area contributed by atoms with Crippen molar-refractivity contribution in [2.24, 2.45) is 0 Å². The molecule has 1 aliphatic carbocycles. The fraction of sp³-hybridized carbons (Fsp3) is 0.500. The SMILES string of the molecule is COC1(C)CC(c2nc(Br)c3c(N)nccn23)C1. The second kappa shape index (κ2) is 3.93. The van der Waals surface area contributed by atoms with E-state index in [4.69, 9.17) is 10.5 Å². The third-order valence-electron chi connectivity index (χ3n) is 3.78. The van der Waals surface area contributed by atoms with Gasteiger partial charge in [-0.3, -0.25) is 4.40 Å². The van der Waals surface area contributed by atoms with Crippen LogP contribution in [0.4, 0.5) is 5.82 Å². The van der Waals surface area contributed by atoms with Crippen molar-refractivity contribution in [3.8, 4) is 0 Å². The van der Waals surface area contributed by atoms with Gasteiger partial charge in [0.05, 0.1) is 5.60 Å². The van der Waals surface area contributed by atoms with Crippen molar-refractivity contribution in [3.63, 3.8) is 0 Å². The topological polar surface area (TPSA) is 65.4 Å². The van der Waals surface area contributed by atoms with Crippen molar-refractivity contribution in [3.05, 3.63) is 22.8 Å². The molecule has 18 heavy (non-hydrogen) atoms. The number of imidazole rings is 1. The number of hydrogen-bond acceptors (Lipinski definition) is 4. The van der Waals surface area contributed by atoms with E-state index in [1.807, 2.05) is 10.6 Å². The van der Waals surface area contributed by atoms with Gasteiger partial charge in [0.25, 0.3) is 0 Å². The smallest absolute Gasteiger partial charge is 0.150 e. The molecule has 2 aromatic rings. The molecule has 0 aromatic carbocycles. The molecule has 96 valence electrons. The predicted molar refractivity (Wildman–Crippen MR) is 72.5 cm³/mol. The Labute approximate surface area is 113 Å². The minimum Gasteiger partial charge on any atom is -0.382 e.